The van der Waals surface area contributed by atoms with E-state index in [1.54, 1.807) is 0 Å². The number of benzene rings is 1. The number of rotatable bonds is 5. The standard InChI is InChI=1S/C14H20N2/c15-12-2-1-3-13(8-12)16-9-14(10-4-5-10)11-6-7-11/h1-3,8,10-11,14,16H,4-7,9,15H2. The average Bonchev–Trinajstić information content (AvgIpc) is 3.13. The fourth-order valence-corrected chi connectivity index (χ4v) is 2.65. The highest BCUT2D eigenvalue weighted by Gasteiger charge is 2.40. The van der Waals surface area contributed by atoms with E-state index in [0.29, 0.717) is 0 Å². The minimum absolute atomic E-state index is 0.847. The van der Waals surface area contributed by atoms with Crippen molar-refractivity contribution in [3.8, 4) is 0 Å². The molecule has 0 amide bonds. The van der Waals surface area contributed by atoms with Crippen LogP contribution in [-0.2, 0) is 0 Å². The molecule has 0 bridgehead atoms. The molecule has 2 nitrogen and oxygen atoms in total. The second kappa shape index (κ2) is 4.00. The van der Waals surface area contributed by atoms with Crippen LogP contribution in [-0.4, -0.2) is 6.54 Å². The predicted octanol–water partition coefficient (Wildman–Crippen LogP) is 3.12. The molecule has 0 saturated heterocycles. The molecule has 2 saturated carbocycles. The van der Waals surface area contributed by atoms with Crippen molar-refractivity contribution in [2.45, 2.75) is 25.7 Å². The van der Waals surface area contributed by atoms with Gasteiger partial charge in [0, 0.05) is 17.9 Å². The second-order valence-electron chi connectivity index (χ2n) is 5.35. The van der Waals surface area contributed by atoms with Crippen LogP contribution < -0.4 is 11.1 Å². The van der Waals surface area contributed by atoms with Gasteiger partial charge in [0.15, 0.2) is 0 Å². The van der Waals surface area contributed by atoms with Crippen molar-refractivity contribution in [3.63, 3.8) is 0 Å². The Bertz CT molecular complexity index is 355. The van der Waals surface area contributed by atoms with E-state index in [9.17, 15) is 0 Å². The Balaban J connectivity index is 1.58. The third kappa shape index (κ3) is 2.31. The maximum absolute atomic E-state index is 5.77. The molecular weight excluding hydrogens is 196 g/mol. The number of nitrogens with one attached hydrogen (secondary N) is 1. The highest BCUT2D eigenvalue weighted by molar-refractivity contribution is 5.54. The highest BCUT2D eigenvalue weighted by atomic mass is 14.9. The number of nitrogens with two attached hydrogens (primary N) is 1. The lowest BCUT2D eigenvalue weighted by molar-refractivity contribution is 0.428. The van der Waals surface area contributed by atoms with Gasteiger partial charge in [-0.3, -0.25) is 0 Å². The van der Waals surface area contributed by atoms with Crippen molar-refractivity contribution in [1.82, 2.24) is 0 Å². The topological polar surface area (TPSA) is 38.0 Å². The van der Waals surface area contributed by atoms with Crippen LogP contribution in [0.3, 0.4) is 0 Å². The molecule has 1 aromatic rings. The fraction of sp³-hybridized carbons (Fsp3) is 0.571. The van der Waals surface area contributed by atoms with Crippen LogP contribution in [0, 0.1) is 17.8 Å². The van der Waals surface area contributed by atoms with Crippen molar-refractivity contribution in [1.29, 1.82) is 0 Å². The Morgan fingerprint density at radius 1 is 1.19 bits per heavy atom. The zero-order valence-corrected chi connectivity index (χ0v) is 9.65. The summed E-state index contributed by atoms with van der Waals surface area (Å²) in [6, 6.07) is 8.08. The smallest absolute Gasteiger partial charge is 0.0360 e. The minimum atomic E-state index is 0.847. The summed E-state index contributed by atoms with van der Waals surface area (Å²) in [5.74, 6) is 2.95. The molecule has 2 aliphatic carbocycles. The molecule has 16 heavy (non-hydrogen) atoms. The van der Waals surface area contributed by atoms with Crippen molar-refractivity contribution < 1.29 is 0 Å². The van der Waals surface area contributed by atoms with Crippen LogP contribution in [0.5, 0.6) is 0 Å². The summed E-state index contributed by atoms with van der Waals surface area (Å²) in [4.78, 5) is 0. The van der Waals surface area contributed by atoms with Crippen LogP contribution in [0.2, 0.25) is 0 Å². The fourth-order valence-electron chi connectivity index (χ4n) is 2.65. The minimum Gasteiger partial charge on any atom is -0.399 e. The number of anilines is 2. The molecule has 0 spiro atoms. The summed E-state index contributed by atoms with van der Waals surface area (Å²) >= 11 is 0. The summed E-state index contributed by atoms with van der Waals surface area (Å²) in [6.45, 7) is 1.14. The molecule has 0 heterocycles. The molecule has 0 unspecified atom stereocenters. The third-order valence-corrected chi connectivity index (χ3v) is 3.88. The third-order valence-electron chi connectivity index (χ3n) is 3.88. The van der Waals surface area contributed by atoms with Gasteiger partial charge >= 0.3 is 0 Å². The van der Waals surface area contributed by atoms with E-state index in [1.165, 1.54) is 31.4 Å². The number of nitrogen functional groups attached to an aromatic ring is 1. The van der Waals surface area contributed by atoms with Gasteiger partial charge in [-0.05, 0) is 61.6 Å². The van der Waals surface area contributed by atoms with E-state index in [1.807, 2.05) is 18.2 Å². The number of hydrogen-bond acceptors (Lipinski definition) is 2. The summed E-state index contributed by atoms with van der Waals surface area (Å²) in [7, 11) is 0. The molecule has 3 rings (SSSR count). The summed E-state index contributed by atoms with van der Waals surface area (Å²) < 4.78 is 0. The van der Waals surface area contributed by atoms with Crippen molar-refractivity contribution in [2.75, 3.05) is 17.6 Å². The summed E-state index contributed by atoms with van der Waals surface area (Å²) in [5, 5.41) is 3.55. The molecule has 2 heteroatoms. The van der Waals surface area contributed by atoms with Crippen LogP contribution in [0.1, 0.15) is 25.7 Å². The Hall–Kier alpha value is -1.18. The largest absolute Gasteiger partial charge is 0.399 e. The van der Waals surface area contributed by atoms with Gasteiger partial charge in [-0.25, -0.2) is 0 Å². The molecule has 0 aliphatic heterocycles. The Morgan fingerprint density at radius 3 is 2.44 bits per heavy atom. The normalized spacial score (nSPS) is 20.1. The summed E-state index contributed by atoms with van der Waals surface area (Å²) in [6.07, 6.45) is 5.83. The van der Waals surface area contributed by atoms with Crippen molar-refractivity contribution >= 4 is 11.4 Å². The zero-order chi connectivity index (χ0) is 11.0. The number of hydrogen-bond donors (Lipinski definition) is 2. The monoisotopic (exact) mass is 216 g/mol. The van der Waals surface area contributed by atoms with Gasteiger partial charge < -0.3 is 11.1 Å². The van der Waals surface area contributed by atoms with E-state index in [4.69, 9.17) is 5.73 Å². The van der Waals surface area contributed by atoms with E-state index in [-0.39, 0.29) is 0 Å². The molecule has 86 valence electrons. The van der Waals surface area contributed by atoms with Crippen LogP contribution in [0.15, 0.2) is 24.3 Å². The lowest BCUT2D eigenvalue weighted by Crippen LogP contribution is -2.18. The maximum Gasteiger partial charge on any atom is 0.0360 e. The van der Waals surface area contributed by atoms with E-state index >= 15 is 0 Å². The van der Waals surface area contributed by atoms with Crippen LogP contribution >= 0.6 is 0 Å². The first kappa shape index (κ1) is 10.0. The van der Waals surface area contributed by atoms with Crippen molar-refractivity contribution in [2.24, 2.45) is 17.8 Å². The Labute approximate surface area is 97.2 Å². The lowest BCUT2D eigenvalue weighted by atomic mass is 9.98. The molecule has 1 aromatic carbocycles. The van der Waals surface area contributed by atoms with Gasteiger partial charge in [-0.15, -0.1) is 0 Å². The second-order valence-corrected chi connectivity index (χ2v) is 5.35. The first-order valence-electron chi connectivity index (χ1n) is 6.42. The molecule has 0 aromatic heterocycles. The Kier molecular flexibility index (Phi) is 2.50. The molecule has 2 aliphatic rings. The van der Waals surface area contributed by atoms with Gasteiger partial charge in [-0.2, -0.15) is 0 Å². The summed E-state index contributed by atoms with van der Waals surface area (Å²) in [5.41, 5.74) is 7.79. The molecule has 0 atom stereocenters. The van der Waals surface area contributed by atoms with Gasteiger partial charge in [-0.1, -0.05) is 6.07 Å². The van der Waals surface area contributed by atoms with Gasteiger partial charge in [0.25, 0.3) is 0 Å². The highest BCUT2D eigenvalue weighted by Crippen LogP contribution is 2.49. The van der Waals surface area contributed by atoms with Crippen molar-refractivity contribution in [3.05, 3.63) is 24.3 Å². The lowest BCUT2D eigenvalue weighted by Gasteiger charge is -2.17. The van der Waals surface area contributed by atoms with E-state index in [0.717, 1.165) is 30.0 Å². The van der Waals surface area contributed by atoms with Gasteiger partial charge in [0.2, 0.25) is 0 Å². The quantitative estimate of drug-likeness (QED) is 0.742. The van der Waals surface area contributed by atoms with Gasteiger partial charge in [0.05, 0.1) is 0 Å². The first-order valence-corrected chi connectivity index (χ1v) is 6.42. The van der Waals surface area contributed by atoms with Crippen LogP contribution in [0.4, 0.5) is 11.4 Å². The van der Waals surface area contributed by atoms with E-state index < -0.39 is 0 Å². The van der Waals surface area contributed by atoms with Gasteiger partial charge in [0.1, 0.15) is 0 Å². The molecule has 0 radical (unpaired) electrons. The Morgan fingerprint density at radius 2 is 1.88 bits per heavy atom. The average molecular weight is 216 g/mol. The predicted molar refractivity (Wildman–Crippen MR) is 68.3 cm³/mol. The van der Waals surface area contributed by atoms with E-state index in [2.05, 4.69) is 11.4 Å². The zero-order valence-electron chi connectivity index (χ0n) is 9.65. The molecule has 2 fully saturated rings. The first-order chi connectivity index (χ1) is 7.83. The SMILES string of the molecule is Nc1cccc(NCC(C2CC2)C2CC2)c1. The van der Waals surface area contributed by atoms with Crippen LogP contribution in [0.25, 0.3) is 0 Å². The maximum atomic E-state index is 5.77. The molecular formula is C14H20N2. The molecule has 3 N–H and O–H groups in total.